The van der Waals surface area contributed by atoms with Gasteiger partial charge in [0.15, 0.2) is 0 Å². The summed E-state index contributed by atoms with van der Waals surface area (Å²) in [4.78, 5) is 11.8. The van der Waals surface area contributed by atoms with E-state index in [1.54, 1.807) is 14.1 Å². The molecule has 4 atom stereocenters. The van der Waals surface area contributed by atoms with E-state index in [4.69, 9.17) is 5.11 Å². The standard InChI is InChI=1S/C8H17NO4/c1-5(11)8(13)7(9(2)3)6(12)4-10/h4-8,11-13H,1-3H3/t5-,6+,7+,8-/m1/s1. The molecular formula is C8H17NO4. The van der Waals surface area contributed by atoms with E-state index < -0.39 is 24.4 Å². The summed E-state index contributed by atoms with van der Waals surface area (Å²) in [6, 6.07) is -0.780. The summed E-state index contributed by atoms with van der Waals surface area (Å²) in [5, 5.41) is 27.8. The maximum Gasteiger partial charge on any atom is 0.150 e. The molecule has 0 aliphatic heterocycles. The fourth-order valence-corrected chi connectivity index (χ4v) is 1.18. The topological polar surface area (TPSA) is 81.0 Å². The van der Waals surface area contributed by atoms with E-state index in [2.05, 4.69) is 0 Å². The first-order chi connectivity index (χ1) is 5.91. The van der Waals surface area contributed by atoms with Crippen molar-refractivity contribution in [3.8, 4) is 0 Å². The average Bonchev–Trinajstić information content (AvgIpc) is 2.03. The van der Waals surface area contributed by atoms with Gasteiger partial charge in [-0.2, -0.15) is 0 Å². The van der Waals surface area contributed by atoms with Crippen LogP contribution in [0.3, 0.4) is 0 Å². The first-order valence-electron chi connectivity index (χ1n) is 4.07. The average molecular weight is 191 g/mol. The van der Waals surface area contributed by atoms with Gasteiger partial charge in [0.25, 0.3) is 0 Å². The molecule has 0 fully saturated rings. The second-order valence-corrected chi connectivity index (χ2v) is 3.31. The summed E-state index contributed by atoms with van der Waals surface area (Å²) in [7, 11) is 3.23. The van der Waals surface area contributed by atoms with Gasteiger partial charge in [-0.1, -0.05) is 0 Å². The van der Waals surface area contributed by atoms with Gasteiger partial charge in [0.2, 0.25) is 0 Å². The van der Waals surface area contributed by atoms with Crippen LogP contribution in [0.2, 0.25) is 0 Å². The predicted molar refractivity (Wildman–Crippen MR) is 47.2 cm³/mol. The fraction of sp³-hybridized carbons (Fsp3) is 0.875. The van der Waals surface area contributed by atoms with Crippen molar-refractivity contribution < 1.29 is 20.1 Å². The van der Waals surface area contributed by atoms with Crippen molar-refractivity contribution in [1.29, 1.82) is 0 Å². The van der Waals surface area contributed by atoms with Gasteiger partial charge in [0.05, 0.1) is 18.2 Å². The first kappa shape index (κ1) is 12.5. The molecule has 5 heteroatoms. The second kappa shape index (κ2) is 5.29. The highest BCUT2D eigenvalue weighted by Crippen LogP contribution is 2.08. The number of hydrogen-bond acceptors (Lipinski definition) is 5. The maximum absolute atomic E-state index is 10.3. The summed E-state index contributed by atoms with van der Waals surface area (Å²) in [6.07, 6.45) is -3.08. The van der Waals surface area contributed by atoms with Gasteiger partial charge in [-0.25, -0.2) is 0 Å². The van der Waals surface area contributed by atoms with Crippen LogP contribution in [0.5, 0.6) is 0 Å². The van der Waals surface area contributed by atoms with Crippen molar-refractivity contribution in [2.75, 3.05) is 14.1 Å². The Balaban J connectivity index is 4.50. The third-order valence-corrected chi connectivity index (χ3v) is 1.93. The van der Waals surface area contributed by atoms with Gasteiger partial charge in [0.1, 0.15) is 12.4 Å². The molecule has 0 radical (unpaired) electrons. The number of aliphatic hydroxyl groups is 3. The Morgan fingerprint density at radius 3 is 1.92 bits per heavy atom. The quantitative estimate of drug-likeness (QED) is 0.448. The molecule has 0 aromatic heterocycles. The highest BCUT2D eigenvalue weighted by molar-refractivity contribution is 5.57. The Kier molecular flexibility index (Phi) is 5.09. The van der Waals surface area contributed by atoms with Gasteiger partial charge >= 0.3 is 0 Å². The number of likely N-dealkylation sites (N-methyl/N-ethyl adjacent to an activating group) is 1. The number of rotatable bonds is 5. The molecule has 0 bridgehead atoms. The van der Waals surface area contributed by atoms with Crippen LogP contribution in [0.1, 0.15) is 6.92 Å². The number of carbonyl (C=O) groups is 1. The second-order valence-electron chi connectivity index (χ2n) is 3.31. The molecule has 0 amide bonds. The smallest absolute Gasteiger partial charge is 0.150 e. The Labute approximate surface area is 77.6 Å². The molecule has 0 saturated heterocycles. The van der Waals surface area contributed by atoms with E-state index in [0.717, 1.165) is 0 Å². The molecule has 0 saturated carbocycles. The van der Waals surface area contributed by atoms with Gasteiger partial charge in [-0.15, -0.1) is 0 Å². The predicted octanol–water partition coefficient (Wildman–Crippen LogP) is -1.78. The van der Waals surface area contributed by atoms with E-state index in [-0.39, 0.29) is 0 Å². The lowest BCUT2D eigenvalue weighted by Crippen LogP contribution is -2.52. The molecule has 13 heavy (non-hydrogen) atoms. The lowest BCUT2D eigenvalue weighted by Gasteiger charge is -2.31. The Bertz CT molecular complexity index is 160. The van der Waals surface area contributed by atoms with Crippen LogP contribution in [0.15, 0.2) is 0 Å². The van der Waals surface area contributed by atoms with Crippen molar-refractivity contribution in [3.63, 3.8) is 0 Å². The maximum atomic E-state index is 10.3. The van der Waals surface area contributed by atoms with Crippen molar-refractivity contribution in [3.05, 3.63) is 0 Å². The van der Waals surface area contributed by atoms with Crippen molar-refractivity contribution in [2.45, 2.75) is 31.3 Å². The summed E-state index contributed by atoms with van der Waals surface area (Å²) in [6.45, 7) is 1.40. The molecule has 3 N–H and O–H groups in total. The Hall–Kier alpha value is -0.490. The van der Waals surface area contributed by atoms with Crippen LogP contribution >= 0.6 is 0 Å². The zero-order chi connectivity index (χ0) is 10.6. The zero-order valence-electron chi connectivity index (χ0n) is 8.08. The van der Waals surface area contributed by atoms with Crippen LogP contribution in [0, 0.1) is 0 Å². The molecule has 0 aliphatic carbocycles. The molecule has 0 unspecified atom stereocenters. The van der Waals surface area contributed by atoms with Crippen LogP contribution in [-0.2, 0) is 4.79 Å². The zero-order valence-corrected chi connectivity index (χ0v) is 8.08. The number of carbonyl (C=O) groups excluding carboxylic acids is 1. The number of nitrogens with zero attached hydrogens (tertiary/aromatic N) is 1. The number of aldehydes is 1. The molecule has 0 aromatic rings. The summed E-state index contributed by atoms with van der Waals surface area (Å²) < 4.78 is 0. The van der Waals surface area contributed by atoms with Gasteiger partial charge in [-0.3, -0.25) is 0 Å². The summed E-state index contributed by atoms with van der Waals surface area (Å²) >= 11 is 0. The minimum atomic E-state index is -1.29. The lowest BCUT2D eigenvalue weighted by molar-refractivity contribution is -0.123. The summed E-state index contributed by atoms with van der Waals surface area (Å²) in [5.41, 5.74) is 0. The lowest BCUT2D eigenvalue weighted by atomic mass is 10.0. The summed E-state index contributed by atoms with van der Waals surface area (Å²) in [5.74, 6) is 0. The number of aliphatic hydroxyl groups excluding tert-OH is 3. The Morgan fingerprint density at radius 2 is 1.69 bits per heavy atom. The number of hydrogen-bond donors (Lipinski definition) is 3. The molecular weight excluding hydrogens is 174 g/mol. The first-order valence-corrected chi connectivity index (χ1v) is 4.07. The highest BCUT2D eigenvalue weighted by Gasteiger charge is 2.31. The van der Waals surface area contributed by atoms with Crippen LogP contribution in [-0.4, -0.2) is 65.0 Å². The monoisotopic (exact) mass is 191 g/mol. The van der Waals surface area contributed by atoms with Crippen LogP contribution in [0.4, 0.5) is 0 Å². The molecule has 5 nitrogen and oxygen atoms in total. The molecule has 0 rings (SSSR count). The SMILES string of the molecule is C[C@@H](O)[C@@H](O)[C@H]([C@@H](O)C=O)N(C)C. The van der Waals surface area contributed by atoms with E-state index in [1.165, 1.54) is 11.8 Å². The van der Waals surface area contributed by atoms with E-state index in [9.17, 15) is 15.0 Å². The van der Waals surface area contributed by atoms with E-state index in [1.807, 2.05) is 0 Å². The van der Waals surface area contributed by atoms with Gasteiger partial charge < -0.3 is 25.0 Å². The minimum absolute atomic E-state index is 0.344. The van der Waals surface area contributed by atoms with Gasteiger partial charge in [0, 0.05) is 0 Å². The molecule has 0 heterocycles. The largest absolute Gasteiger partial charge is 0.391 e. The minimum Gasteiger partial charge on any atom is -0.391 e. The van der Waals surface area contributed by atoms with Crippen molar-refractivity contribution >= 4 is 6.29 Å². The third kappa shape index (κ3) is 3.40. The molecule has 0 spiro atoms. The molecule has 0 aromatic carbocycles. The van der Waals surface area contributed by atoms with Crippen molar-refractivity contribution in [2.24, 2.45) is 0 Å². The third-order valence-electron chi connectivity index (χ3n) is 1.93. The van der Waals surface area contributed by atoms with Crippen molar-refractivity contribution in [1.82, 2.24) is 4.90 Å². The van der Waals surface area contributed by atoms with Crippen LogP contribution in [0.25, 0.3) is 0 Å². The van der Waals surface area contributed by atoms with E-state index in [0.29, 0.717) is 6.29 Å². The highest BCUT2D eigenvalue weighted by atomic mass is 16.3. The van der Waals surface area contributed by atoms with Gasteiger partial charge in [-0.05, 0) is 21.0 Å². The molecule has 0 aliphatic rings. The Morgan fingerprint density at radius 1 is 1.23 bits per heavy atom. The fourth-order valence-electron chi connectivity index (χ4n) is 1.18. The van der Waals surface area contributed by atoms with E-state index >= 15 is 0 Å². The normalized spacial score (nSPS) is 20.8. The van der Waals surface area contributed by atoms with Crippen LogP contribution < -0.4 is 0 Å². The molecule has 78 valence electrons.